The number of carbonyl (C=O) groups is 4. The molecule has 12 heteroatoms. The van der Waals surface area contributed by atoms with Crippen LogP contribution in [0.1, 0.15) is 51.9 Å². The molecule has 0 bridgehead atoms. The van der Waals surface area contributed by atoms with E-state index in [0.29, 0.717) is 40.5 Å². The summed E-state index contributed by atoms with van der Waals surface area (Å²) in [6, 6.07) is 14.0. The Balaban J connectivity index is 1.40. The summed E-state index contributed by atoms with van der Waals surface area (Å²) in [5.74, 6) is -0.476. The van der Waals surface area contributed by atoms with Gasteiger partial charge in [0.15, 0.2) is 0 Å². The molecule has 222 valence electrons. The summed E-state index contributed by atoms with van der Waals surface area (Å²) in [7, 11) is 2.83. The molecule has 4 rings (SSSR count). The molecule has 1 aliphatic rings. The molecule has 0 aliphatic carbocycles. The third-order valence-corrected chi connectivity index (χ3v) is 8.27. The number of rotatable bonds is 8. The number of esters is 1. The molecule has 3 aromatic rings. The van der Waals surface area contributed by atoms with Gasteiger partial charge in [0.25, 0.3) is 5.91 Å². The van der Waals surface area contributed by atoms with Crippen molar-refractivity contribution in [3.8, 4) is 5.75 Å². The van der Waals surface area contributed by atoms with E-state index in [1.54, 1.807) is 68.1 Å². The Bertz CT molecular complexity index is 1500. The molecule has 42 heavy (non-hydrogen) atoms. The van der Waals surface area contributed by atoms with E-state index in [1.807, 2.05) is 6.07 Å². The summed E-state index contributed by atoms with van der Waals surface area (Å²) < 4.78 is 15.7. The molecule has 1 aliphatic heterocycles. The predicted octanol–water partition coefficient (Wildman–Crippen LogP) is 5.82. The van der Waals surface area contributed by atoms with Gasteiger partial charge in [-0.25, -0.2) is 9.59 Å². The standard InChI is InChI=1S/C30H33N3O7S2/c1-30(2,3)40-29(37)33-13-12-22-23(16-33)42-27(25(22)28(36)39-5)32-24(34)17-41-21-11-7-9-19(15-21)31-26(35)18-8-6-10-20(14-18)38-4/h6-11,14-15H,12-13,16-17H2,1-5H3,(H,31,35)(H,32,34). The lowest BCUT2D eigenvalue weighted by atomic mass is 10.0. The first-order chi connectivity index (χ1) is 20.0. The molecule has 10 nitrogen and oxygen atoms in total. The van der Waals surface area contributed by atoms with E-state index in [9.17, 15) is 19.2 Å². The second-order valence-corrected chi connectivity index (χ2v) is 12.6. The molecule has 2 aromatic carbocycles. The van der Waals surface area contributed by atoms with Crippen molar-refractivity contribution in [1.29, 1.82) is 0 Å². The number of anilines is 2. The summed E-state index contributed by atoms with van der Waals surface area (Å²) in [5, 5.41) is 6.11. The van der Waals surface area contributed by atoms with Crippen molar-refractivity contribution in [3.63, 3.8) is 0 Å². The van der Waals surface area contributed by atoms with Gasteiger partial charge in [-0.3, -0.25) is 9.59 Å². The van der Waals surface area contributed by atoms with E-state index in [-0.39, 0.29) is 24.1 Å². The Labute approximate surface area is 252 Å². The molecular formula is C30H33N3O7S2. The Morgan fingerprint density at radius 2 is 1.79 bits per heavy atom. The molecule has 0 saturated carbocycles. The van der Waals surface area contributed by atoms with Gasteiger partial charge >= 0.3 is 12.1 Å². The number of fused-ring (bicyclic) bond motifs is 1. The van der Waals surface area contributed by atoms with Gasteiger partial charge in [-0.15, -0.1) is 23.1 Å². The summed E-state index contributed by atoms with van der Waals surface area (Å²) in [4.78, 5) is 54.1. The van der Waals surface area contributed by atoms with Crippen molar-refractivity contribution in [3.05, 3.63) is 70.1 Å². The van der Waals surface area contributed by atoms with E-state index in [1.165, 1.54) is 37.3 Å². The number of carbonyl (C=O) groups excluding carboxylic acids is 4. The summed E-state index contributed by atoms with van der Waals surface area (Å²) >= 11 is 2.55. The summed E-state index contributed by atoms with van der Waals surface area (Å²) in [6.45, 7) is 6.08. The van der Waals surface area contributed by atoms with Crippen LogP contribution < -0.4 is 15.4 Å². The monoisotopic (exact) mass is 611 g/mol. The van der Waals surface area contributed by atoms with Gasteiger partial charge in [0.05, 0.1) is 32.1 Å². The number of thioether (sulfide) groups is 1. The zero-order chi connectivity index (χ0) is 30.4. The van der Waals surface area contributed by atoms with Crippen molar-refractivity contribution >= 4 is 57.7 Å². The topological polar surface area (TPSA) is 123 Å². The van der Waals surface area contributed by atoms with Crippen molar-refractivity contribution in [2.45, 2.75) is 44.2 Å². The van der Waals surface area contributed by atoms with Crippen LogP contribution in [0.4, 0.5) is 15.5 Å². The quantitative estimate of drug-likeness (QED) is 0.241. The number of nitrogens with one attached hydrogen (secondary N) is 2. The zero-order valence-corrected chi connectivity index (χ0v) is 25.7. The third kappa shape index (κ3) is 7.83. The minimum absolute atomic E-state index is 0.0699. The smallest absolute Gasteiger partial charge is 0.410 e. The van der Waals surface area contributed by atoms with Gasteiger partial charge in [-0.2, -0.15) is 0 Å². The van der Waals surface area contributed by atoms with E-state index in [4.69, 9.17) is 14.2 Å². The predicted molar refractivity (Wildman–Crippen MR) is 163 cm³/mol. The number of hydrogen-bond acceptors (Lipinski definition) is 9. The maximum Gasteiger partial charge on any atom is 0.410 e. The fourth-order valence-electron chi connectivity index (χ4n) is 4.23. The van der Waals surface area contributed by atoms with Crippen molar-refractivity contribution in [2.75, 3.05) is 37.2 Å². The number of thiophene rings is 1. The van der Waals surface area contributed by atoms with Crippen LogP contribution in [-0.2, 0) is 27.2 Å². The minimum atomic E-state index is -0.623. The van der Waals surface area contributed by atoms with Crippen LogP contribution in [0, 0.1) is 0 Å². The Morgan fingerprint density at radius 3 is 2.50 bits per heavy atom. The average molecular weight is 612 g/mol. The molecule has 0 spiro atoms. The van der Waals surface area contributed by atoms with Crippen LogP contribution in [0.2, 0.25) is 0 Å². The van der Waals surface area contributed by atoms with E-state index >= 15 is 0 Å². The number of benzene rings is 2. The average Bonchev–Trinajstić information content (AvgIpc) is 3.31. The molecular weight excluding hydrogens is 578 g/mol. The van der Waals surface area contributed by atoms with Gasteiger partial charge in [-0.05, 0) is 69.2 Å². The van der Waals surface area contributed by atoms with Crippen molar-refractivity contribution in [2.24, 2.45) is 0 Å². The van der Waals surface area contributed by atoms with Crippen molar-refractivity contribution < 1.29 is 33.4 Å². The van der Waals surface area contributed by atoms with Crippen LogP contribution in [-0.4, -0.2) is 60.9 Å². The van der Waals surface area contributed by atoms with E-state index in [0.717, 1.165) is 15.3 Å². The van der Waals surface area contributed by atoms with Crippen LogP contribution in [0.15, 0.2) is 53.4 Å². The lowest BCUT2D eigenvalue weighted by Crippen LogP contribution is -2.39. The number of ether oxygens (including phenoxy) is 3. The first-order valence-electron chi connectivity index (χ1n) is 13.2. The molecule has 0 fully saturated rings. The van der Waals surface area contributed by atoms with E-state index < -0.39 is 17.7 Å². The molecule has 0 saturated heterocycles. The lowest BCUT2D eigenvalue weighted by molar-refractivity contribution is -0.113. The maximum absolute atomic E-state index is 13.0. The summed E-state index contributed by atoms with van der Waals surface area (Å²) in [6.07, 6.45) is 0.0130. The Kier molecular flexibility index (Phi) is 9.79. The normalized spacial score (nSPS) is 12.6. The fraction of sp³-hybridized carbons (Fsp3) is 0.333. The molecule has 1 aromatic heterocycles. The van der Waals surface area contributed by atoms with Crippen LogP contribution in [0.3, 0.4) is 0 Å². The number of hydrogen-bond donors (Lipinski definition) is 2. The van der Waals surface area contributed by atoms with E-state index in [2.05, 4.69) is 10.6 Å². The fourth-order valence-corrected chi connectivity index (χ4v) is 6.26. The second kappa shape index (κ2) is 13.3. The minimum Gasteiger partial charge on any atom is -0.497 e. The van der Waals surface area contributed by atoms with Gasteiger partial charge in [0, 0.05) is 27.6 Å². The molecule has 0 radical (unpaired) electrons. The Hall–Kier alpha value is -4.03. The second-order valence-electron chi connectivity index (χ2n) is 10.4. The highest BCUT2D eigenvalue weighted by Gasteiger charge is 2.32. The van der Waals surface area contributed by atoms with Crippen LogP contribution in [0.5, 0.6) is 5.75 Å². The van der Waals surface area contributed by atoms with Crippen LogP contribution in [0.25, 0.3) is 0 Å². The lowest BCUT2D eigenvalue weighted by Gasteiger charge is -2.30. The number of nitrogens with zero attached hydrogens (tertiary/aromatic N) is 1. The first kappa shape index (κ1) is 30.9. The van der Waals surface area contributed by atoms with Gasteiger partial charge in [0.2, 0.25) is 5.91 Å². The number of amides is 3. The molecule has 2 heterocycles. The maximum atomic E-state index is 13.0. The largest absolute Gasteiger partial charge is 0.497 e. The molecule has 0 atom stereocenters. The SMILES string of the molecule is COC(=O)c1c(NC(=O)CSc2cccc(NC(=O)c3cccc(OC)c3)c2)sc2c1CCN(C(=O)OC(C)(C)C)C2. The highest BCUT2D eigenvalue weighted by molar-refractivity contribution is 8.00. The van der Waals surface area contributed by atoms with Gasteiger partial charge in [0.1, 0.15) is 16.4 Å². The van der Waals surface area contributed by atoms with Crippen LogP contribution >= 0.6 is 23.1 Å². The van der Waals surface area contributed by atoms with Gasteiger partial charge in [-0.1, -0.05) is 12.1 Å². The zero-order valence-electron chi connectivity index (χ0n) is 24.1. The van der Waals surface area contributed by atoms with Gasteiger partial charge < -0.3 is 29.7 Å². The van der Waals surface area contributed by atoms with Crippen molar-refractivity contribution in [1.82, 2.24) is 4.90 Å². The highest BCUT2D eigenvalue weighted by Crippen LogP contribution is 2.38. The Morgan fingerprint density at radius 1 is 1.02 bits per heavy atom. The summed E-state index contributed by atoms with van der Waals surface area (Å²) in [5.41, 5.74) is 1.51. The molecule has 3 amide bonds. The first-order valence-corrected chi connectivity index (χ1v) is 15.0. The highest BCUT2D eigenvalue weighted by atomic mass is 32.2. The third-order valence-electron chi connectivity index (χ3n) is 6.14. The molecule has 2 N–H and O–H groups in total. The molecule has 0 unspecified atom stereocenters. The number of methoxy groups -OCH3 is 2.